The number of anilines is 1. The number of benzene rings is 1. The molecule has 0 saturated heterocycles. The zero-order valence-corrected chi connectivity index (χ0v) is 10.7. The van der Waals surface area contributed by atoms with Crippen LogP contribution in [0.3, 0.4) is 0 Å². The van der Waals surface area contributed by atoms with E-state index in [1.54, 1.807) is 7.11 Å². The molecule has 6 heteroatoms. The van der Waals surface area contributed by atoms with Gasteiger partial charge in [0.25, 0.3) is 0 Å². The number of aromatic nitrogens is 1. The highest BCUT2D eigenvalue weighted by Crippen LogP contribution is 2.28. The van der Waals surface area contributed by atoms with E-state index in [9.17, 15) is 4.79 Å². The van der Waals surface area contributed by atoms with Gasteiger partial charge in [-0.05, 0) is 23.7 Å². The fraction of sp³-hybridized carbons (Fsp3) is 0.333. The van der Waals surface area contributed by atoms with Crippen LogP contribution in [0.15, 0.2) is 24.3 Å². The first-order valence-electron chi connectivity index (χ1n) is 5.55. The topological polar surface area (TPSA) is 71.5 Å². The monoisotopic (exact) mass is 266 g/mol. The van der Waals surface area contributed by atoms with Crippen molar-refractivity contribution in [3.8, 4) is 0 Å². The van der Waals surface area contributed by atoms with E-state index in [0.29, 0.717) is 13.0 Å². The Morgan fingerprint density at radius 1 is 1.56 bits per heavy atom. The Balaban J connectivity index is 2.18. The van der Waals surface area contributed by atoms with Crippen LogP contribution in [0.5, 0.6) is 0 Å². The predicted octanol–water partition coefficient (Wildman–Crippen LogP) is 2.20. The minimum absolute atomic E-state index is 0.403. The highest BCUT2D eigenvalue weighted by atomic mass is 32.1. The molecule has 0 aliphatic carbocycles. The summed E-state index contributed by atoms with van der Waals surface area (Å²) in [6.45, 7) is 0.403. The van der Waals surface area contributed by atoms with Gasteiger partial charge in [0.05, 0.1) is 5.52 Å². The van der Waals surface area contributed by atoms with Crippen molar-refractivity contribution in [1.82, 2.24) is 4.37 Å². The summed E-state index contributed by atoms with van der Waals surface area (Å²) in [4.78, 5) is 11.1. The number of ether oxygens (including phenoxy) is 1. The molecule has 96 valence electrons. The fourth-order valence-electron chi connectivity index (χ4n) is 1.64. The first-order valence-corrected chi connectivity index (χ1v) is 6.32. The highest BCUT2D eigenvalue weighted by Gasteiger charge is 2.18. The molecular formula is C12H14N2O3S. The molecule has 0 aliphatic heterocycles. The van der Waals surface area contributed by atoms with Crippen LogP contribution in [-0.2, 0) is 9.53 Å². The lowest BCUT2D eigenvalue weighted by molar-refractivity contribution is -0.138. The number of nitrogens with one attached hydrogen (secondary N) is 1. The van der Waals surface area contributed by atoms with Crippen LogP contribution in [0.4, 0.5) is 5.00 Å². The van der Waals surface area contributed by atoms with Crippen molar-refractivity contribution in [1.29, 1.82) is 0 Å². The van der Waals surface area contributed by atoms with Gasteiger partial charge in [0.15, 0.2) is 0 Å². The molecule has 0 aliphatic rings. The standard InChI is InChI=1S/C12H14N2O3S/c1-17-7-6-10(12(15)16)13-11-8-4-2-3-5-9(8)14-18-11/h2-5,10,13H,6-7H2,1H3,(H,15,16). The molecule has 0 bridgehead atoms. The zero-order valence-electron chi connectivity index (χ0n) is 9.92. The van der Waals surface area contributed by atoms with Gasteiger partial charge in [-0.2, -0.15) is 4.37 Å². The quantitative estimate of drug-likeness (QED) is 0.838. The summed E-state index contributed by atoms with van der Waals surface area (Å²) in [6.07, 6.45) is 0.415. The molecule has 5 nitrogen and oxygen atoms in total. The number of hydrogen-bond acceptors (Lipinski definition) is 5. The van der Waals surface area contributed by atoms with Gasteiger partial charge in [-0.15, -0.1) is 0 Å². The van der Waals surface area contributed by atoms with E-state index in [1.165, 1.54) is 11.5 Å². The molecule has 1 heterocycles. The lowest BCUT2D eigenvalue weighted by Gasteiger charge is -2.13. The van der Waals surface area contributed by atoms with Crippen molar-refractivity contribution >= 4 is 33.4 Å². The molecule has 1 atom stereocenters. The molecule has 2 aromatic rings. The minimum Gasteiger partial charge on any atom is -0.480 e. The van der Waals surface area contributed by atoms with Gasteiger partial charge in [0, 0.05) is 25.5 Å². The Morgan fingerprint density at radius 2 is 2.33 bits per heavy atom. The van der Waals surface area contributed by atoms with Crippen molar-refractivity contribution in [2.24, 2.45) is 0 Å². The van der Waals surface area contributed by atoms with Crippen LogP contribution in [0, 0.1) is 0 Å². The Morgan fingerprint density at radius 3 is 3.06 bits per heavy atom. The van der Waals surface area contributed by atoms with E-state index in [2.05, 4.69) is 9.69 Å². The first kappa shape index (κ1) is 12.8. The third kappa shape index (κ3) is 2.77. The fourth-order valence-corrected chi connectivity index (χ4v) is 2.46. The summed E-state index contributed by atoms with van der Waals surface area (Å²) in [5.74, 6) is -0.885. The molecule has 0 spiro atoms. The third-order valence-electron chi connectivity index (χ3n) is 2.60. The maximum absolute atomic E-state index is 11.1. The Hall–Kier alpha value is -1.66. The van der Waals surface area contributed by atoms with Gasteiger partial charge in [0.2, 0.25) is 0 Å². The van der Waals surface area contributed by atoms with E-state index >= 15 is 0 Å². The van der Waals surface area contributed by atoms with Crippen LogP contribution in [-0.4, -0.2) is 35.2 Å². The third-order valence-corrected chi connectivity index (χ3v) is 3.41. The normalized spacial score (nSPS) is 12.5. The molecular weight excluding hydrogens is 252 g/mol. The van der Waals surface area contributed by atoms with Crippen LogP contribution in [0.2, 0.25) is 0 Å². The number of aliphatic carboxylic acids is 1. The number of rotatable bonds is 6. The molecule has 1 aromatic carbocycles. The molecule has 1 aromatic heterocycles. The summed E-state index contributed by atoms with van der Waals surface area (Å²) in [5.41, 5.74) is 0.876. The van der Waals surface area contributed by atoms with Crippen LogP contribution in [0.25, 0.3) is 10.9 Å². The molecule has 18 heavy (non-hydrogen) atoms. The summed E-state index contributed by atoms with van der Waals surface area (Å²) in [7, 11) is 1.56. The Bertz CT molecular complexity index is 541. The number of carboxylic acid groups (broad SMARTS) is 1. The molecule has 0 saturated carbocycles. The van der Waals surface area contributed by atoms with Gasteiger partial charge < -0.3 is 15.2 Å². The minimum atomic E-state index is -0.885. The Kier molecular flexibility index (Phi) is 4.11. The van der Waals surface area contributed by atoms with Crippen molar-refractivity contribution in [3.05, 3.63) is 24.3 Å². The van der Waals surface area contributed by atoms with Crippen LogP contribution >= 0.6 is 11.5 Å². The smallest absolute Gasteiger partial charge is 0.326 e. The van der Waals surface area contributed by atoms with E-state index in [1.807, 2.05) is 24.3 Å². The van der Waals surface area contributed by atoms with E-state index in [-0.39, 0.29) is 0 Å². The largest absolute Gasteiger partial charge is 0.480 e. The molecule has 1 unspecified atom stereocenters. The molecule has 2 N–H and O–H groups in total. The number of carboxylic acids is 1. The van der Waals surface area contributed by atoms with Crippen molar-refractivity contribution in [2.45, 2.75) is 12.5 Å². The van der Waals surface area contributed by atoms with Crippen LogP contribution < -0.4 is 5.32 Å². The Labute approximate surface area is 109 Å². The van der Waals surface area contributed by atoms with Crippen molar-refractivity contribution in [3.63, 3.8) is 0 Å². The summed E-state index contributed by atoms with van der Waals surface area (Å²) in [6, 6.07) is 6.99. The average Bonchev–Trinajstić information content (AvgIpc) is 2.77. The van der Waals surface area contributed by atoms with Crippen molar-refractivity contribution in [2.75, 3.05) is 19.0 Å². The second kappa shape index (κ2) is 5.79. The lowest BCUT2D eigenvalue weighted by atomic mass is 10.2. The summed E-state index contributed by atoms with van der Waals surface area (Å²) < 4.78 is 9.18. The first-order chi connectivity index (χ1) is 8.72. The lowest BCUT2D eigenvalue weighted by Crippen LogP contribution is -2.30. The predicted molar refractivity (Wildman–Crippen MR) is 71.2 cm³/mol. The van der Waals surface area contributed by atoms with Gasteiger partial charge in [-0.1, -0.05) is 12.1 Å². The van der Waals surface area contributed by atoms with Gasteiger partial charge in [0.1, 0.15) is 11.0 Å². The number of methoxy groups -OCH3 is 1. The van der Waals surface area contributed by atoms with Gasteiger partial charge in [-0.25, -0.2) is 4.79 Å². The maximum atomic E-state index is 11.1. The number of hydrogen-bond donors (Lipinski definition) is 2. The summed E-state index contributed by atoms with van der Waals surface area (Å²) in [5, 5.41) is 13.9. The molecule has 0 fully saturated rings. The SMILES string of the molecule is COCCC(Nc1snc2ccccc12)C(=O)O. The summed E-state index contributed by atoms with van der Waals surface area (Å²) >= 11 is 1.28. The van der Waals surface area contributed by atoms with E-state index in [0.717, 1.165) is 15.9 Å². The van der Waals surface area contributed by atoms with Gasteiger partial charge in [-0.3, -0.25) is 0 Å². The second-order valence-corrected chi connectivity index (χ2v) is 4.62. The second-order valence-electron chi connectivity index (χ2n) is 3.85. The number of fused-ring (bicyclic) bond motifs is 1. The van der Waals surface area contributed by atoms with Crippen molar-refractivity contribution < 1.29 is 14.6 Å². The molecule has 2 rings (SSSR count). The molecule has 0 amide bonds. The maximum Gasteiger partial charge on any atom is 0.326 e. The number of carbonyl (C=O) groups is 1. The zero-order chi connectivity index (χ0) is 13.0. The van der Waals surface area contributed by atoms with E-state index in [4.69, 9.17) is 9.84 Å². The van der Waals surface area contributed by atoms with Crippen LogP contribution in [0.1, 0.15) is 6.42 Å². The van der Waals surface area contributed by atoms with Gasteiger partial charge >= 0.3 is 5.97 Å². The highest BCUT2D eigenvalue weighted by molar-refractivity contribution is 7.11. The molecule has 0 radical (unpaired) electrons. The average molecular weight is 266 g/mol. The number of nitrogens with zero attached hydrogens (tertiary/aromatic N) is 1. The van der Waals surface area contributed by atoms with E-state index < -0.39 is 12.0 Å².